The smallest absolute Gasteiger partial charge is 0.157 e. The Hall–Kier alpha value is -0.940. The molecule has 1 aromatic rings. The second-order valence-electron chi connectivity index (χ2n) is 9.33. The van der Waals surface area contributed by atoms with Crippen LogP contribution < -0.4 is 0 Å². The predicted molar refractivity (Wildman–Crippen MR) is 132 cm³/mol. The molecule has 2 rings (SSSR count). The molecule has 32 heavy (non-hydrogen) atoms. The molecule has 1 aliphatic rings. The average Bonchev–Trinajstić information content (AvgIpc) is 2.83. The summed E-state index contributed by atoms with van der Waals surface area (Å²) in [6.45, 7) is 4.41. The SMILES string of the molecule is CCCCCCCCCCCC[C@H](OCc1ccccc1)[C@@H](O)CCCC1OCCCO1. The molecule has 2 atom stereocenters. The molecule has 1 aliphatic heterocycles. The van der Waals surface area contributed by atoms with E-state index < -0.39 is 6.10 Å². The van der Waals surface area contributed by atoms with Crippen LogP contribution in [0.5, 0.6) is 0 Å². The van der Waals surface area contributed by atoms with Gasteiger partial charge >= 0.3 is 0 Å². The normalized spacial score (nSPS) is 16.8. The van der Waals surface area contributed by atoms with Crippen molar-refractivity contribution in [3.8, 4) is 0 Å². The lowest BCUT2D eigenvalue weighted by Crippen LogP contribution is -2.30. The van der Waals surface area contributed by atoms with Gasteiger partial charge in [0.2, 0.25) is 0 Å². The molecule has 0 aromatic heterocycles. The molecule has 1 saturated heterocycles. The molecule has 0 radical (unpaired) electrons. The van der Waals surface area contributed by atoms with E-state index in [1.54, 1.807) is 0 Å². The Morgan fingerprint density at radius 1 is 0.844 bits per heavy atom. The van der Waals surface area contributed by atoms with Crippen LogP contribution in [-0.2, 0) is 20.8 Å². The molecular formula is C28H48O4. The lowest BCUT2D eigenvalue weighted by atomic mass is 10.00. The molecule has 1 heterocycles. The zero-order valence-corrected chi connectivity index (χ0v) is 20.5. The van der Waals surface area contributed by atoms with Gasteiger partial charge in [-0.05, 0) is 37.7 Å². The molecule has 184 valence electrons. The lowest BCUT2D eigenvalue weighted by molar-refractivity contribution is -0.182. The average molecular weight is 449 g/mol. The van der Waals surface area contributed by atoms with E-state index >= 15 is 0 Å². The Morgan fingerprint density at radius 2 is 1.47 bits per heavy atom. The fourth-order valence-electron chi connectivity index (χ4n) is 4.38. The van der Waals surface area contributed by atoms with Gasteiger partial charge in [-0.25, -0.2) is 0 Å². The van der Waals surface area contributed by atoms with Crippen LogP contribution in [0.1, 0.15) is 109 Å². The Morgan fingerprint density at radius 3 is 2.12 bits per heavy atom. The van der Waals surface area contributed by atoms with Gasteiger partial charge in [-0.15, -0.1) is 0 Å². The van der Waals surface area contributed by atoms with Crippen molar-refractivity contribution in [2.24, 2.45) is 0 Å². The predicted octanol–water partition coefficient (Wildman–Crippen LogP) is 7.18. The number of unbranched alkanes of at least 4 members (excludes halogenated alkanes) is 9. The first-order valence-corrected chi connectivity index (χ1v) is 13.4. The second kappa shape index (κ2) is 18.5. The Kier molecular flexibility index (Phi) is 15.8. The van der Waals surface area contributed by atoms with Crippen LogP contribution in [0.3, 0.4) is 0 Å². The maximum atomic E-state index is 10.9. The lowest BCUT2D eigenvalue weighted by Gasteiger charge is -2.26. The molecule has 0 spiro atoms. The monoisotopic (exact) mass is 448 g/mol. The summed E-state index contributed by atoms with van der Waals surface area (Å²) in [5.41, 5.74) is 1.16. The molecule has 0 saturated carbocycles. The fraction of sp³-hybridized carbons (Fsp3) is 0.786. The summed E-state index contributed by atoms with van der Waals surface area (Å²) in [7, 11) is 0. The Bertz CT molecular complexity index is 529. The molecular weight excluding hydrogens is 400 g/mol. The summed E-state index contributed by atoms with van der Waals surface area (Å²) in [5, 5.41) is 10.9. The highest BCUT2D eigenvalue weighted by atomic mass is 16.7. The molecule has 1 fully saturated rings. The molecule has 0 aliphatic carbocycles. The minimum absolute atomic E-state index is 0.0957. The van der Waals surface area contributed by atoms with Crippen LogP contribution >= 0.6 is 0 Å². The molecule has 0 unspecified atom stereocenters. The molecule has 1 aromatic carbocycles. The Balaban J connectivity index is 1.64. The van der Waals surface area contributed by atoms with E-state index in [-0.39, 0.29) is 12.4 Å². The number of benzene rings is 1. The molecule has 0 amide bonds. The van der Waals surface area contributed by atoms with E-state index in [0.717, 1.165) is 57.3 Å². The highest BCUT2D eigenvalue weighted by Gasteiger charge is 2.21. The minimum Gasteiger partial charge on any atom is -0.390 e. The maximum Gasteiger partial charge on any atom is 0.157 e. The van der Waals surface area contributed by atoms with Gasteiger partial charge in [0, 0.05) is 0 Å². The largest absolute Gasteiger partial charge is 0.390 e. The number of aliphatic hydroxyl groups excluding tert-OH is 1. The van der Waals surface area contributed by atoms with Crippen molar-refractivity contribution in [3.05, 3.63) is 35.9 Å². The minimum atomic E-state index is -0.430. The standard InChI is InChI=1S/C28H48O4/c1-2-3-4-5-6-7-8-9-10-14-20-27(32-24-25-17-12-11-13-18-25)26(29)19-15-21-28-30-22-16-23-31-28/h11-13,17-18,26-29H,2-10,14-16,19-24H2,1H3/t26-,27-/m0/s1. The van der Waals surface area contributed by atoms with Crippen LogP contribution in [0.15, 0.2) is 30.3 Å². The fourth-order valence-corrected chi connectivity index (χ4v) is 4.38. The summed E-state index contributed by atoms with van der Waals surface area (Å²) in [4.78, 5) is 0. The first-order valence-electron chi connectivity index (χ1n) is 13.4. The van der Waals surface area contributed by atoms with Gasteiger partial charge in [-0.2, -0.15) is 0 Å². The van der Waals surface area contributed by atoms with Crippen molar-refractivity contribution in [1.82, 2.24) is 0 Å². The third kappa shape index (κ3) is 12.9. The van der Waals surface area contributed by atoms with Gasteiger partial charge in [-0.3, -0.25) is 0 Å². The van der Waals surface area contributed by atoms with Gasteiger partial charge in [-0.1, -0.05) is 101 Å². The van der Waals surface area contributed by atoms with Gasteiger partial charge in [0.1, 0.15) is 0 Å². The summed E-state index contributed by atoms with van der Waals surface area (Å²) in [5.74, 6) is 0. The molecule has 4 nitrogen and oxygen atoms in total. The second-order valence-corrected chi connectivity index (χ2v) is 9.33. The third-order valence-corrected chi connectivity index (χ3v) is 6.41. The van der Waals surface area contributed by atoms with Gasteiger partial charge < -0.3 is 19.3 Å². The molecule has 4 heteroatoms. The van der Waals surface area contributed by atoms with Crippen molar-refractivity contribution in [2.75, 3.05) is 13.2 Å². The van der Waals surface area contributed by atoms with Crippen LogP contribution in [0.4, 0.5) is 0 Å². The van der Waals surface area contributed by atoms with E-state index in [9.17, 15) is 5.11 Å². The Labute approximate surface area is 197 Å². The van der Waals surface area contributed by atoms with Crippen molar-refractivity contribution in [2.45, 2.75) is 128 Å². The number of hydrogen-bond donors (Lipinski definition) is 1. The quantitative estimate of drug-likeness (QED) is 0.228. The van der Waals surface area contributed by atoms with Crippen molar-refractivity contribution >= 4 is 0 Å². The van der Waals surface area contributed by atoms with Gasteiger partial charge in [0.15, 0.2) is 6.29 Å². The zero-order valence-electron chi connectivity index (χ0n) is 20.5. The van der Waals surface area contributed by atoms with E-state index in [1.165, 1.54) is 57.8 Å². The highest BCUT2D eigenvalue weighted by molar-refractivity contribution is 5.13. The number of aliphatic hydroxyl groups is 1. The maximum absolute atomic E-state index is 10.9. The topological polar surface area (TPSA) is 47.9 Å². The number of ether oxygens (including phenoxy) is 3. The van der Waals surface area contributed by atoms with Crippen LogP contribution in [0.2, 0.25) is 0 Å². The molecule has 0 bridgehead atoms. The van der Waals surface area contributed by atoms with Gasteiger partial charge in [0.05, 0.1) is 32.0 Å². The van der Waals surface area contributed by atoms with Crippen LogP contribution in [-0.4, -0.2) is 36.8 Å². The first kappa shape index (κ1) is 27.3. The third-order valence-electron chi connectivity index (χ3n) is 6.41. The summed E-state index contributed by atoms with van der Waals surface area (Å²) < 4.78 is 17.5. The van der Waals surface area contributed by atoms with E-state index in [2.05, 4.69) is 19.1 Å². The highest BCUT2D eigenvalue weighted by Crippen LogP contribution is 2.20. The van der Waals surface area contributed by atoms with Crippen molar-refractivity contribution < 1.29 is 19.3 Å². The van der Waals surface area contributed by atoms with Crippen LogP contribution in [0, 0.1) is 0 Å². The van der Waals surface area contributed by atoms with E-state index in [4.69, 9.17) is 14.2 Å². The summed E-state index contributed by atoms with van der Waals surface area (Å²) >= 11 is 0. The number of rotatable bonds is 19. The number of hydrogen-bond acceptors (Lipinski definition) is 4. The van der Waals surface area contributed by atoms with Crippen molar-refractivity contribution in [3.63, 3.8) is 0 Å². The summed E-state index contributed by atoms with van der Waals surface area (Å²) in [6.07, 6.45) is 17.0. The first-order chi connectivity index (χ1) is 15.8. The zero-order chi connectivity index (χ0) is 22.7. The summed E-state index contributed by atoms with van der Waals surface area (Å²) in [6, 6.07) is 10.3. The van der Waals surface area contributed by atoms with E-state index in [1.807, 2.05) is 18.2 Å². The molecule has 1 N–H and O–H groups in total. The van der Waals surface area contributed by atoms with Gasteiger partial charge in [0.25, 0.3) is 0 Å². The van der Waals surface area contributed by atoms with Crippen LogP contribution in [0.25, 0.3) is 0 Å². The van der Waals surface area contributed by atoms with E-state index in [0.29, 0.717) is 6.61 Å². The van der Waals surface area contributed by atoms with Crippen molar-refractivity contribution in [1.29, 1.82) is 0 Å².